The molecule has 2 aromatic rings. The lowest BCUT2D eigenvalue weighted by Gasteiger charge is -2.23. The molecule has 0 radical (unpaired) electrons. The highest BCUT2D eigenvalue weighted by Gasteiger charge is 2.24. The molecule has 1 N–H and O–H groups in total. The van der Waals surface area contributed by atoms with Gasteiger partial charge in [-0.25, -0.2) is 4.68 Å². The highest BCUT2D eigenvalue weighted by atomic mass is 16.4. The van der Waals surface area contributed by atoms with Crippen LogP contribution in [-0.2, 0) is 4.79 Å². The van der Waals surface area contributed by atoms with Crippen molar-refractivity contribution in [2.75, 3.05) is 13.1 Å². The van der Waals surface area contributed by atoms with Gasteiger partial charge in [0.05, 0.1) is 17.8 Å². The predicted molar refractivity (Wildman–Crippen MR) is 89.1 cm³/mol. The minimum atomic E-state index is -0.929. The largest absolute Gasteiger partial charge is 0.481 e. The number of aliphatic carboxylic acids is 1. The van der Waals surface area contributed by atoms with E-state index in [1.54, 1.807) is 11.6 Å². The van der Waals surface area contributed by atoms with Crippen LogP contribution in [0.1, 0.15) is 36.5 Å². The van der Waals surface area contributed by atoms with Crippen molar-refractivity contribution in [1.82, 2.24) is 19.9 Å². The molecule has 0 bridgehead atoms. The van der Waals surface area contributed by atoms with Gasteiger partial charge in [0.15, 0.2) is 5.69 Å². The normalized spacial score (nSPS) is 10.8. The second-order valence-corrected chi connectivity index (χ2v) is 6.06. The van der Waals surface area contributed by atoms with Gasteiger partial charge in [0.2, 0.25) is 0 Å². The number of para-hydroxylation sites is 1. The Morgan fingerprint density at radius 3 is 2.50 bits per heavy atom. The van der Waals surface area contributed by atoms with E-state index in [9.17, 15) is 9.59 Å². The number of amides is 1. The molecule has 2 rings (SSSR count). The molecule has 0 fully saturated rings. The lowest BCUT2D eigenvalue weighted by Crippen LogP contribution is -2.36. The average Bonchev–Trinajstić information content (AvgIpc) is 2.92. The number of rotatable bonds is 7. The van der Waals surface area contributed by atoms with Crippen LogP contribution in [0.4, 0.5) is 0 Å². The van der Waals surface area contributed by atoms with E-state index >= 15 is 0 Å². The van der Waals surface area contributed by atoms with Gasteiger partial charge in [-0.3, -0.25) is 9.59 Å². The van der Waals surface area contributed by atoms with Crippen molar-refractivity contribution in [3.05, 3.63) is 41.7 Å². The minimum Gasteiger partial charge on any atom is -0.481 e. The summed E-state index contributed by atoms with van der Waals surface area (Å²) in [6, 6.07) is 9.43. The van der Waals surface area contributed by atoms with Gasteiger partial charge in [0.25, 0.3) is 5.91 Å². The quantitative estimate of drug-likeness (QED) is 0.840. The summed E-state index contributed by atoms with van der Waals surface area (Å²) in [5.74, 6) is -0.988. The molecule has 128 valence electrons. The molecule has 24 heavy (non-hydrogen) atoms. The Hall–Kier alpha value is -2.70. The van der Waals surface area contributed by atoms with Crippen molar-refractivity contribution < 1.29 is 14.7 Å². The Morgan fingerprint density at radius 1 is 1.25 bits per heavy atom. The average molecular weight is 330 g/mol. The van der Waals surface area contributed by atoms with E-state index in [0.717, 1.165) is 5.69 Å². The fourth-order valence-electron chi connectivity index (χ4n) is 2.44. The second-order valence-electron chi connectivity index (χ2n) is 6.06. The highest BCUT2D eigenvalue weighted by molar-refractivity contribution is 5.93. The summed E-state index contributed by atoms with van der Waals surface area (Å²) >= 11 is 0. The molecule has 1 heterocycles. The van der Waals surface area contributed by atoms with Crippen LogP contribution in [0.15, 0.2) is 30.3 Å². The fraction of sp³-hybridized carbons (Fsp3) is 0.412. The summed E-state index contributed by atoms with van der Waals surface area (Å²) in [4.78, 5) is 25.1. The Kier molecular flexibility index (Phi) is 5.68. The van der Waals surface area contributed by atoms with Gasteiger partial charge in [-0.15, -0.1) is 5.10 Å². The lowest BCUT2D eigenvalue weighted by molar-refractivity contribution is -0.137. The van der Waals surface area contributed by atoms with E-state index in [4.69, 9.17) is 5.11 Å². The van der Waals surface area contributed by atoms with Crippen LogP contribution < -0.4 is 0 Å². The van der Waals surface area contributed by atoms with Gasteiger partial charge in [-0.1, -0.05) is 37.3 Å². The monoisotopic (exact) mass is 330 g/mol. The number of hydrogen-bond acceptors (Lipinski definition) is 4. The van der Waals surface area contributed by atoms with Gasteiger partial charge in [-0.2, -0.15) is 0 Å². The number of carboxylic acid groups (broad SMARTS) is 1. The first kappa shape index (κ1) is 17.7. The molecule has 0 unspecified atom stereocenters. The number of carbonyl (C=O) groups is 2. The number of carboxylic acids is 1. The lowest BCUT2D eigenvalue weighted by atomic mass is 10.2. The molecule has 0 atom stereocenters. The molecule has 0 aliphatic heterocycles. The highest BCUT2D eigenvalue weighted by Crippen LogP contribution is 2.14. The third-order valence-corrected chi connectivity index (χ3v) is 3.57. The smallest absolute Gasteiger partial charge is 0.305 e. The van der Waals surface area contributed by atoms with Crippen LogP contribution in [0.2, 0.25) is 0 Å². The summed E-state index contributed by atoms with van der Waals surface area (Å²) in [6.07, 6.45) is -0.0929. The van der Waals surface area contributed by atoms with Crippen molar-refractivity contribution in [3.8, 4) is 5.69 Å². The van der Waals surface area contributed by atoms with Crippen LogP contribution in [0.3, 0.4) is 0 Å². The fourth-order valence-corrected chi connectivity index (χ4v) is 2.44. The summed E-state index contributed by atoms with van der Waals surface area (Å²) in [7, 11) is 0. The van der Waals surface area contributed by atoms with E-state index < -0.39 is 5.97 Å². The Labute approximate surface area is 140 Å². The first-order valence-electron chi connectivity index (χ1n) is 7.89. The van der Waals surface area contributed by atoms with Crippen LogP contribution in [0, 0.1) is 12.8 Å². The van der Waals surface area contributed by atoms with Crippen molar-refractivity contribution >= 4 is 11.9 Å². The molecule has 0 saturated carbocycles. The van der Waals surface area contributed by atoms with Crippen molar-refractivity contribution in [3.63, 3.8) is 0 Å². The van der Waals surface area contributed by atoms with E-state index in [1.807, 2.05) is 44.2 Å². The number of aromatic nitrogens is 3. The molecule has 0 spiro atoms. The first-order valence-corrected chi connectivity index (χ1v) is 7.89. The summed E-state index contributed by atoms with van der Waals surface area (Å²) in [6.45, 7) is 6.38. The van der Waals surface area contributed by atoms with Crippen molar-refractivity contribution in [2.45, 2.75) is 27.2 Å². The SMILES string of the molecule is Cc1c(C(=O)N(CCC(=O)O)CC(C)C)nnn1-c1ccccc1. The molecule has 0 saturated heterocycles. The molecule has 7 nitrogen and oxygen atoms in total. The van der Waals surface area contributed by atoms with Crippen LogP contribution >= 0.6 is 0 Å². The maximum Gasteiger partial charge on any atom is 0.305 e. The van der Waals surface area contributed by atoms with Gasteiger partial charge < -0.3 is 10.0 Å². The van der Waals surface area contributed by atoms with Gasteiger partial charge in [0, 0.05) is 13.1 Å². The maximum atomic E-state index is 12.8. The molecule has 1 aromatic carbocycles. The number of hydrogen-bond donors (Lipinski definition) is 1. The topological polar surface area (TPSA) is 88.3 Å². The number of benzene rings is 1. The second kappa shape index (κ2) is 7.72. The van der Waals surface area contributed by atoms with E-state index in [2.05, 4.69) is 10.3 Å². The molecule has 1 aromatic heterocycles. The van der Waals surface area contributed by atoms with Crippen LogP contribution in [-0.4, -0.2) is 50.0 Å². The zero-order chi connectivity index (χ0) is 17.7. The summed E-state index contributed by atoms with van der Waals surface area (Å²) in [5.41, 5.74) is 1.71. The molecular formula is C17H22N4O3. The molecule has 0 aliphatic carbocycles. The zero-order valence-electron chi connectivity index (χ0n) is 14.1. The van der Waals surface area contributed by atoms with Gasteiger partial charge in [-0.05, 0) is 25.0 Å². The summed E-state index contributed by atoms with van der Waals surface area (Å²) in [5, 5.41) is 17.0. The minimum absolute atomic E-state index is 0.0929. The maximum absolute atomic E-state index is 12.8. The Bertz CT molecular complexity index is 710. The third kappa shape index (κ3) is 4.18. The summed E-state index contributed by atoms with van der Waals surface area (Å²) < 4.78 is 1.61. The van der Waals surface area contributed by atoms with Crippen LogP contribution in [0.5, 0.6) is 0 Å². The Morgan fingerprint density at radius 2 is 1.92 bits per heavy atom. The third-order valence-electron chi connectivity index (χ3n) is 3.57. The van der Waals surface area contributed by atoms with Gasteiger partial charge in [0.1, 0.15) is 0 Å². The number of carbonyl (C=O) groups excluding carboxylic acids is 1. The standard InChI is InChI=1S/C17H22N4O3/c1-12(2)11-20(10-9-15(22)23)17(24)16-13(3)21(19-18-16)14-7-5-4-6-8-14/h4-8,12H,9-11H2,1-3H3,(H,22,23). The Balaban J connectivity index is 2.26. The van der Waals surface area contributed by atoms with Crippen molar-refractivity contribution in [1.29, 1.82) is 0 Å². The molecule has 7 heteroatoms. The molecular weight excluding hydrogens is 308 g/mol. The van der Waals surface area contributed by atoms with Gasteiger partial charge >= 0.3 is 5.97 Å². The van der Waals surface area contributed by atoms with E-state index in [-0.39, 0.29) is 30.5 Å². The van der Waals surface area contributed by atoms with Crippen molar-refractivity contribution in [2.24, 2.45) is 5.92 Å². The first-order chi connectivity index (χ1) is 11.4. The molecule has 1 amide bonds. The molecule has 0 aliphatic rings. The predicted octanol–water partition coefficient (Wildman–Crippen LogP) is 2.15. The van der Waals surface area contributed by atoms with Crippen LogP contribution in [0.25, 0.3) is 5.69 Å². The van der Waals surface area contributed by atoms with E-state index in [0.29, 0.717) is 12.2 Å². The zero-order valence-corrected chi connectivity index (χ0v) is 14.1. The van der Waals surface area contributed by atoms with E-state index in [1.165, 1.54) is 4.90 Å². The number of nitrogens with zero attached hydrogens (tertiary/aromatic N) is 4.